The summed E-state index contributed by atoms with van der Waals surface area (Å²) in [6.07, 6.45) is 3.71. The Labute approximate surface area is 121 Å². The maximum Gasteiger partial charge on any atom is 0.304 e. The molecule has 0 heterocycles. The summed E-state index contributed by atoms with van der Waals surface area (Å²) < 4.78 is 22.0. The zero-order chi connectivity index (χ0) is 14.8. The van der Waals surface area contributed by atoms with Gasteiger partial charge in [-0.2, -0.15) is 0 Å². The van der Waals surface area contributed by atoms with E-state index in [0.717, 1.165) is 11.3 Å². The SMILES string of the molecule is CCOC(/C=C/c1ccc(OC)cc1)(OCC)OCC. The van der Waals surface area contributed by atoms with Crippen LogP contribution in [0.1, 0.15) is 26.3 Å². The smallest absolute Gasteiger partial charge is 0.304 e. The summed E-state index contributed by atoms with van der Waals surface area (Å²) >= 11 is 0. The lowest BCUT2D eigenvalue weighted by Gasteiger charge is -2.29. The maximum absolute atomic E-state index is 5.62. The van der Waals surface area contributed by atoms with Gasteiger partial charge in [0.05, 0.1) is 7.11 Å². The summed E-state index contributed by atoms with van der Waals surface area (Å²) in [4.78, 5) is 0. The van der Waals surface area contributed by atoms with Crippen molar-refractivity contribution in [2.75, 3.05) is 26.9 Å². The van der Waals surface area contributed by atoms with Crippen molar-refractivity contribution in [2.45, 2.75) is 26.7 Å². The van der Waals surface area contributed by atoms with Gasteiger partial charge >= 0.3 is 5.97 Å². The monoisotopic (exact) mass is 280 g/mol. The van der Waals surface area contributed by atoms with E-state index < -0.39 is 5.97 Å². The van der Waals surface area contributed by atoms with Crippen LogP contribution in [-0.4, -0.2) is 32.9 Å². The van der Waals surface area contributed by atoms with E-state index in [1.165, 1.54) is 0 Å². The van der Waals surface area contributed by atoms with E-state index in [9.17, 15) is 0 Å². The first-order valence-corrected chi connectivity index (χ1v) is 6.94. The Morgan fingerprint density at radius 1 is 0.900 bits per heavy atom. The average Bonchev–Trinajstić information content (AvgIpc) is 2.46. The molecular formula is C16H24O4. The molecular weight excluding hydrogens is 256 g/mol. The number of methoxy groups -OCH3 is 1. The van der Waals surface area contributed by atoms with Crippen molar-refractivity contribution in [3.63, 3.8) is 0 Å². The van der Waals surface area contributed by atoms with Gasteiger partial charge in [0.25, 0.3) is 0 Å². The van der Waals surface area contributed by atoms with Crippen molar-refractivity contribution in [1.82, 2.24) is 0 Å². The number of hydrogen-bond donors (Lipinski definition) is 0. The molecule has 1 aromatic rings. The van der Waals surface area contributed by atoms with Gasteiger partial charge < -0.3 is 18.9 Å². The molecule has 0 saturated heterocycles. The molecule has 0 saturated carbocycles. The molecule has 0 aliphatic carbocycles. The Balaban J connectivity index is 2.87. The summed E-state index contributed by atoms with van der Waals surface area (Å²) in [6, 6.07) is 7.74. The van der Waals surface area contributed by atoms with Gasteiger partial charge in [-0.3, -0.25) is 0 Å². The molecule has 0 unspecified atom stereocenters. The van der Waals surface area contributed by atoms with Crippen LogP contribution in [0, 0.1) is 0 Å². The van der Waals surface area contributed by atoms with Crippen molar-refractivity contribution in [1.29, 1.82) is 0 Å². The quantitative estimate of drug-likeness (QED) is 0.649. The summed E-state index contributed by atoms with van der Waals surface area (Å²) in [6.45, 7) is 7.25. The van der Waals surface area contributed by atoms with Crippen LogP contribution in [0.4, 0.5) is 0 Å². The Morgan fingerprint density at radius 3 is 1.80 bits per heavy atom. The van der Waals surface area contributed by atoms with Gasteiger partial charge in [0.1, 0.15) is 5.75 Å². The minimum absolute atomic E-state index is 0.507. The zero-order valence-electron chi connectivity index (χ0n) is 12.7. The van der Waals surface area contributed by atoms with Crippen LogP contribution < -0.4 is 4.74 Å². The third kappa shape index (κ3) is 4.96. The second kappa shape index (κ2) is 8.74. The molecule has 4 heteroatoms. The van der Waals surface area contributed by atoms with Gasteiger partial charge in [-0.15, -0.1) is 0 Å². The number of ether oxygens (including phenoxy) is 4. The van der Waals surface area contributed by atoms with Crippen molar-refractivity contribution >= 4 is 6.08 Å². The molecule has 0 amide bonds. The largest absolute Gasteiger partial charge is 0.497 e. The lowest BCUT2D eigenvalue weighted by atomic mass is 10.2. The van der Waals surface area contributed by atoms with Crippen molar-refractivity contribution in [3.05, 3.63) is 35.9 Å². The molecule has 112 valence electrons. The molecule has 20 heavy (non-hydrogen) atoms. The molecule has 0 N–H and O–H groups in total. The van der Waals surface area contributed by atoms with Crippen molar-refractivity contribution < 1.29 is 18.9 Å². The average molecular weight is 280 g/mol. The highest BCUT2D eigenvalue weighted by molar-refractivity contribution is 5.51. The summed E-state index contributed by atoms with van der Waals surface area (Å²) in [5, 5.41) is 0. The normalized spacial score (nSPS) is 12.0. The third-order valence-corrected chi connectivity index (χ3v) is 2.63. The van der Waals surface area contributed by atoms with Gasteiger partial charge in [-0.25, -0.2) is 0 Å². The van der Waals surface area contributed by atoms with E-state index in [1.807, 2.05) is 51.1 Å². The van der Waals surface area contributed by atoms with Gasteiger partial charge in [-0.1, -0.05) is 18.2 Å². The molecule has 4 nitrogen and oxygen atoms in total. The zero-order valence-corrected chi connectivity index (χ0v) is 12.7. The molecule has 0 bridgehead atoms. The Morgan fingerprint density at radius 2 is 1.40 bits per heavy atom. The molecule has 0 aliphatic heterocycles. The van der Waals surface area contributed by atoms with Gasteiger partial charge in [0.15, 0.2) is 0 Å². The van der Waals surface area contributed by atoms with E-state index in [1.54, 1.807) is 13.2 Å². The minimum atomic E-state index is -1.11. The van der Waals surface area contributed by atoms with E-state index in [0.29, 0.717) is 19.8 Å². The number of rotatable bonds is 9. The minimum Gasteiger partial charge on any atom is -0.497 e. The van der Waals surface area contributed by atoms with Gasteiger partial charge in [0, 0.05) is 25.9 Å². The van der Waals surface area contributed by atoms with Crippen LogP contribution >= 0.6 is 0 Å². The van der Waals surface area contributed by atoms with Crippen molar-refractivity contribution in [2.24, 2.45) is 0 Å². The predicted molar refractivity (Wildman–Crippen MR) is 79.6 cm³/mol. The fraction of sp³-hybridized carbons (Fsp3) is 0.500. The van der Waals surface area contributed by atoms with E-state index in [-0.39, 0.29) is 0 Å². The van der Waals surface area contributed by atoms with Crippen LogP contribution in [-0.2, 0) is 14.2 Å². The molecule has 0 aromatic heterocycles. The van der Waals surface area contributed by atoms with Gasteiger partial charge in [0.2, 0.25) is 0 Å². The first-order valence-electron chi connectivity index (χ1n) is 6.94. The molecule has 0 atom stereocenters. The van der Waals surface area contributed by atoms with Crippen LogP contribution in [0.2, 0.25) is 0 Å². The first-order chi connectivity index (χ1) is 9.69. The van der Waals surface area contributed by atoms with Crippen LogP contribution in [0.5, 0.6) is 5.75 Å². The Bertz CT molecular complexity index is 380. The lowest BCUT2D eigenvalue weighted by molar-refractivity contribution is -0.345. The summed E-state index contributed by atoms with van der Waals surface area (Å²) in [5.41, 5.74) is 1.02. The summed E-state index contributed by atoms with van der Waals surface area (Å²) in [7, 11) is 1.65. The second-order valence-corrected chi connectivity index (χ2v) is 4.01. The highest BCUT2D eigenvalue weighted by atomic mass is 16.9. The fourth-order valence-corrected chi connectivity index (χ4v) is 1.79. The Kier molecular flexibility index (Phi) is 7.30. The highest BCUT2D eigenvalue weighted by Gasteiger charge is 2.28. The van der Waals surface area contributed by atoms with Crippen LogP contribution in [0.3, 0.4) is 0 Å². The van der Waals surface area contributed by atoms with E-state index in [2.05, 4.69) is 0 Å². The highest BCUT2D eigenvalue weighted by Crippen LogP contribution is 2.20. The second-order valence-electron chi connectivity index (χ2n) is 4.01. The van der Waals surface area contributed by atoms with Gasteiger partial charge in [-0.05, 0) is 38.5 Å². The molecule has 0 spiro atoms. The lowest BCUT2D eigenvalue weighted by Crippen LogP contribution is -2.37. The van der Waals surface area contributed by atoms with Crippen LogP contribution in [0.15, 0.2) is 30.3 Å². The first kappa shape index (κ1) is 16.7. The standard InChI is InChI=1S/C16H24O4/c1-5-18-16(19-6-2,20-7-3)13-12-14-8-10-15(17-4)11-9-14/h8-13H,5-7H2,1-4H3/b13-12+. The van der Waals surface area contributed by atoms with Crippen molar-refractivity contribution in [3.8, 4) is 5.75 Å². The van der Waals surface area contributed by atoms with Crippen LogP contribution in [0.25, 0.3) is 6.08 Å². The fourth-order valence-electron chi connectivity index (χ4n) is 1.79. The maximum atomic E-state index is 5.62. The predicted octanol–water partition coefficient (Wildman–Crippen LogP) is 3.47. The molecule has 0 fully saturated rings. The summed E-state index contributed by atoms with van der Waals surface area (Å²) in [5.74, 6) is -0.286. The molecule has 0 aliphatic rings. The third-order valence-electron chi connectivity index (χ3n) is 2.63. The van der Waals surface area contributed by atoms with E-state index in [4.69, 9.17) is 18.9 Å². The topological polar surface area (TPSA) is 36.9 Å². The molecule has 0 radical (unpaired) electrons. The molecule has 1 rings (SSSR count). The number of benzene rings is 1. The number of hydrogen-bond acceptors (Lipinski definition) is 4. The Hall–Kier alpha value is -1.36. The van der Waals surface area contributed by atoms with E-state index >= 15 is 0 Å². The molecule has 1 aromatic carbocycles.